The van der Waals surface area contributed by atoms with E-state index in [2.05, 4.69) is 12.1 Å². The molecular formula is C20H19NO3. The number of phenols is 1. The fourth-order valence-corrected chi connectivity index (χ4v) is 3.64. The molecule has 3 N–H and O–H groups in total. The van der Waals surface area contributed by atoms with Crippen molar-refractivity contribution in [2.75, 3.05) is 0 Å². The van der Waals surface area contributed by atoms with Crippen molar-refractivity contribution < 1.29 is 15.3 Å². The fourth-order valence-electron chi connectivity index (χ4n) is 3.64. The van der Waals surface area contributed by atoms with E-state index in [4.69, 9.17) is 0 Å². The lowest BCUT2D eigenvalue weighted by Gasteiger charge is -2.22. The van der Waals surface area contributed by atoms with Gasteiger partial charge in [0.1, 0.15) is 5.75 Å². The van der Waals surface area contributed by atoms with E-state index in [1.54, 1.807) is 24.3 Å². The van der Waals surface area contributed by atoms with Gasteiger partial charge in [0.05, 0.1) is 5.69 Å². The third-order valence-electron chi connectivity index (χ3n) is 4.90. The van der Waals surface area contributed by atoms with Gasteiger partial charge in [0, 0.05) is 11.1 Å². The second-order valence-electron chi connectivity index (χ2n) is 6.31. The van der Waals surface area contributed by atoms with Crippen LogP contribution in [-0.4, -0.2) is 19.9 Å². The first-order valence-electron chi connectivity index (χ1n) is 8.14. The minimum Gasteiger partial charge on any atom is -0.508 e. The van der Waals surface area contributed by atoms with E-state index in [0.29, 0.717) is 18.0 Å². The van der Waals surface area contributed by atoms with E-state index in [0.717, 1.165) is 24.0 Å². The summed E-state index contributed by atoms with van der Waals surface area (Å²) in [6, 6.07) is 16.7. The standard InChI is InChI=1S/C20H19NO3/c22-16-9-7-15(8-10-16)21-19(23)17-11-6-14(12-18(17)20(21)24)13-4-2-1-3-5-13/h1-5,7-10,14,22-24H,6,11-12H2. The van der Waals surface area contributed by atoms with E-state index in [9.17, 15) is 15.3 Å². The van der Waals surface area contributed by atoms with E-state index in [1.807, 2.05) is 18.2 Å². The molecule has 122 valence electrons. The Bertz CT molecular complexity index is 866. The van der Waals surface area contributed by atoms with Crippen molar-refractivity contribution >= 4 is 0 Å². The number of hydrogen-bond acceptors (Lipinski definition) is 3. The average Bonchev–Trinajstić information content (AvgIpc) is 2.87. The van der Waals surface area contributed by atoms with Gasteiger partial charge in [0.15, 0.2) is 0 Å². The Hall–Kier alpha value is -2.88. The molecule has 0 bridgehead atoms. The van der Waals surface area contributed by atoms with Crippen molar-refractivity contribution in [3.63, 3.8) is 0 Å². The molecule has 24 heavy (non-hydrogen) atoms. The molecule has 0 radical (unpaired) electrons. The molecule has 1 unspecified atom stereocenters. The monoisotopic (exact) mass is 321 g/mol. The average molecular weight is 321 g/mol. The quantitative estimate of drug-likeness (QED) is 0.671. The number of aromatic hydroxyl groups is 3. The van der Waals surface area contributed by atoms with Crippen LogP contribution in [0.15, 0.2) is 54.6 Å². The van der Waals surface area contributed by atoms with Gasteiger partial charge >= 0.3 is 0 Å². The van der Waals surface area contributed by atoms with Crippen LogP contribution in [0.3, 0.4) is 0 Å². The molecule has 0 amide bonds. The van der Waals surface area contributed by atoms with Crippen LogP contribution >= 0.6 is 0 Å². The first kappa shape index (κ1) is 14.7. The lowest BCUT2D eigenvalue weighted by molar-refractivity contribution is 0.399. The smallest absolute Gasteiger partial charge is 0.202 e. The molecule has 0 spiro atoms. The molecule has 0 aliphatic heterocycles. The Labute approximate surface area is 140 Å². The van der Waals surface area contributed by atoms with Gasteiger partial charge in [-0.2, -0.15) is 0 Å². The lowest BCUT2D eigenvalue weighted by atomic mass is 9.81. The second-order valence-corrected chi connectivity index (χ2v) is 6.31. The minimum absolute atomic E-state index is 0.0915. The molecule has 2 aromatic carbocycles. The Kier molecular flexibility index (Phi) is 3.45. The molecule has 0 saturated carbocycles. The predicted octanol–water partition coefficient (Wildman–Crippen LogP) is 3.87. The van der Waals surface area contributed by atoms with Gasteiger partial charge in [0.25, 0.3) is 0 Å². The first-order chi connectivity index (χ1) is 11.6. The SMILES string of the molecule is Oc1ccc(-n2c(O)c3c(c2O)CC(c2ccccc2)CC3)cc1. The van der Waals surface area contributed by atoms with Crippen LogP contribution in [0.4, 0.5) is 0 Å². The van der Waals surface area contributed by atoms with E-state index in [1.165, 1.54) is 10.1 Å². The van der Waals surface area contributed by atoms with E-state index in [-0.39, 0.29) is 17.5 Å². The van der Waals surface area contributed by atoms with Gasteiger partial charge in [-0.1, -0.05) is 30.3 Å². The first-order valence-corrected chi connectivity index (χ1v) is 8.14. The van der Waals surface area contributed by atoms with Crippen molar-refractivity contribution in [1.82, 2.24) is 4.57 Å². The van der Waals surface area contributed by atoms with Crippen LogP contribution < -0.4 is 0 Å². The molecule has 3 aromatic rings. The number of fused-ring (bicyclic) bond motifs is 1. The van der Waals surface area contributed by atoms with Crippen LogP contribution in [0.1, 0.15) is 29.0 Å². The maximum atomic E-state index is 10.7. The summed E-state index contributed by atoms with van der Waals surface area (Å²) in [5.41, 5.74) is 3.54. The lowest BCUT2D eigenvalue weighted by Crippen LogP contribution is -2.11. The summed E-state index contributed by atoms with van der Waals surface area (Å²) in [5.74, 6) is 0.687. The molecule has 0 saturated heterocycles. The summed E-state index contributed by atoms with van der Waals surface area (Å²) in [5, 5.41) is 30.7. The molecule has 4 heteroatoms. The van der Waals surface area contributed by atoms with Crippen molar-refractivity contribution in [2.45, 2.75) is 25.2 Å². The minimum atomic E-state index is 0.0915. The number of nitrogens with zero attached hydrogens (tertiary/aromatic N) is 1. The summed E-state index contributed by atoms with van der Waals surface area (Å²) < 4.78 is 1.46. The van der Waals surface area contributed by atoms with Crippen LogP contribution in [0.5, 0.6) is 17.5 Å². The van der Waals surface area contributed by atoms with Crippen LogP contribution in [0.25, 0.3) is 5.69 Å². The predicted molar refractivity (Wildman–Crippen MR) is 92.0 cm³/mol. The number of phenolic OH excluding ortho intramolecular Hbond substituents is 1. The Morgan fingerprint density at radius 3 is 2.17 bits per heavy atom. The molecule has 1 aromatic heterocycles. The zero-order chi connectivity index (χ0) is 16.7. The maximum Gasteiger partial charge on any atom is 0.202 e. The summed E-state index contributed by atoms with van der Waals surface area (Å²) in [6.45, 7) is 0. The van der Waals surface area contributed by atoms with Crippen LogP contribution in [0.2, 0.25) is 0 Å². The van der Waals surface area contributed by atoms with Gasteiger partial charge in [-0.3, -0.25) is 4.57 Å². The largest absolute Gasteiger partial charge is 0.508 e. The van der Waals surface area contributed by atoms with Gasteiger partial charge in [-0.25, -0.2) is 0 Å². The highest BCUT2D eigenvalue weighted by molar-refractivity contribution is 5.55. The Morgan fingerprint density at radius 1 is 0.792 bits per heavy atom. The summed E-state index contributed by atoms with van der Waals surface area (Å²) in [7, 11) is 0. The normalized spacial score (nSPS) is 16.8. The summed E-state index contributed by atoms with van der Waals surface area (Å²) in [4.78, 5) is 0. The molecule has 0 fully saturated rings. The number of aromatic nitrogens is 1. The topological polar surface area (TPSA) is 65.6 Å². The third kappa shape index (κ3) is 2.31. The number of rotatable bonds is 2. The van der Waals surface area contributed by atoms with Gasteiger partial charge in [-0.05, 0) is 55.0 Å². The molecule has 4 nitrogen and oxygen atoms in total. The van der Waals surface area contributed by atoms with Gasteiger partial charge in [-0.15, -0.1) is 0 Å². The van der Waals surface area contributed by atoms with Crippen molar-refractivity contribution in [3.8, 4) is 23.2 Å². The maximum absolute atomic E-state index is 10.7. The van der Waals surface area contributed by atoms with Crippen molar-refractivity contribution in [1.29, 1.82) is 0 Å². The highest BCUT2D eigenvalue weighted by Gasteiger charge is 2.30. The summed E-state index contributed by atoms with van der Waals surface area (Å²) >= 11 is 0. The van der Waals surface area contributed by atoms with Crippen molar-refractivity contribution in [3.05, 3.63) is 71.3 Å². The number of hydrogen-bond donors (Lipinski definition) is 3. The molecule has 1 heterocycles. The van der Waals surface area contributed by atoms with E-state index < -0.39 is 0 Å². The van der Waals surface area contributed by atoms with Gasteiger partial charge in [0.2, 0.25) is 11.8 Å². The van der Waals surface area contributed by atoms with Crippen LogP contribution in [0, 0.1) is 0 Å². The molecule has 1 atom stereocenters. The molecule has 4 rings (SSSR count). The zero-order valence-corrected chi connectivity index (χ0v) is 13.2. The Morgan fingerprint density at radius 2 is 1.46 bits per heavy atom. The number of benzene rings is 2. The highest BCUT2D eigenvalue weighted by Crippen LogP contribution is 2.44. The van der Waals surface area contributed by atoms with Crippen LogP contribution in [-0.2, 0) is 12.8 Å². The molecule has 1 aliphatic rings. The highest BCUT2D eigenvalue weighted by atomic mass is 16.3. The third-order valence-corrected chi connectivity index (χ3v) is 4.90. The zero-order valence-electron chi connectivity index (χ0n) is 13.2. The molecular weight excluding hydrogens is 302 g/mol. The van der Waals surface area contributed by atoms with E-state index >= 15 is 0 Å². The second kappa shape index (κ2) is 5.64. The fraction of sp³-hybridized carbons (Fsp3) is 0.200. The van der Waals surface area contributed by atoms with Gasteiger partial charge < -0.3 is 15.3 Å². The van der Waals surface area contributed by atoms with Crippen molar-refractivity contribution in [2.24, 2.45) is 0 Å². The summed E-state index contributed by atoms with van der Waals surface area (Å²) in [6.07, 6.45) is 2.40. The molecule has 1 aliphatic carbocycles. The Balaban J connectivity index is 1.75.